The zero-order chi connectivity index (χ0) is 14.7. The van der Waals surface area contributed by atoms with E-state index in [0.29, 0.717) is 12.0 Å². The summed E-state index contributed by atoms with van der Waals surface area (Å²) in [5, 5.41) is 8.72. The van der Waals surface area contributed by atoms with E-state index in [0.717, 1.165) is 22.3 Å². The van der Waals surface area contributed by atoms with Crippen LogP contribution in [0.3, 0.4) is 0 Å². The van der Waals surface area contributed by atoms with Crippen LogP contribution >= 0.6 is 0 Å². The van der Waals surface area contributed by atoms with Crippen LogP contribution < -0.4 is 0 Å². The van der Waals surface area contributed by atoms with Crippen molar-refractivity contribution in [2.45, 2.75) is 26.7 Å². The number of aliphatic carboxylic acids is 1. The van der Waals surface area contributed by atoms with Crippen molar-refractivity contribution in [3.05, 3.63) is 58.9 Å². The number of aryl methyl sites for hydroxylation is 3. The summed E-state index contributed by atoms with van der Waals surface area (Å²) in [5.74, 6) is -1.13. The summed E-state index contributed by atoms with van der Waals surface area (Å²) in [4.78, 5) is 10.6. The van der Waals surface area contributed by atoms with Crippen LogP contribution in [0.15, 0.2) is 36.4 Å². The van der Waals surface area contributed by atoms with Crippen molar-refractivity contribution in [2.24, 2.45) is 0 Å². The molecule has 0 unspecified atom stereocenters. The molecule has 2 rings (SSSR count). The Morgan fingerprint density at radius 1 is 1.10 bits per heavy atom. The predicted molar refractivity (Wildman–Crippen MR) is 77.3 cm³/mol. The van der Waals surface area contributed by atoms with Crippen LogP contribution in [0.2, 0.25) is 0 Å². The fourth-order valence-electron chi connectivity index (χ4n) is 2.30. The molecular formula is C17H17FO2. The number of benzene rings is 2. The van der Waals surface area contributed by atoms with Gasteiger partial charge in [0.25, 0.3) is 0 Å². The summed E-state index contributed by atoms with van der Waals surface area (Å²) in [6.45, 7) is 3.95. The van der Waals surface area contributed by atoms with Crippen LogP contribution in [0.25, 0.3) is 11.1 Å². The normalized spacial score (nSPS) is 10.6. The average Bonchev–Trinajstić information content (AvgIpc) is 2.38. The lowest BCUT2D eigenvalue weighted by molar-refractivity contribution is -0.136. The van der Waals surface area contributed by atoms with Gasteiger partial charge in [0.2, 0.25) is 0 Å². The molecule has 0 radical (unpaired) electrons. The van der Waals surface area contributed by atoms with Crippen molar-refractivity contribution in [1.82, 2.24) is 0 Å². The molecule has 0 aliphatic carbocycles. The Hall–Kier alpha value is -2.16. The molecule has 0 aromatic heterocycles. The molecule has 0 atom stereocenters. The Bertz CT molecular complexity index is 647. The van der Waals surface area contributed by atoms with Gasteiger partial charge in [-0.15, -0.1) is 0 Å². The van der Waals surface area contributed by atoms with Crippen LogP contribution in [0.4, 0.5) is 4.39 Å². The molecule has 0 aliphatic rings. The lowest BCUT2D eigenvalue weighted by Crippen LogP contribution is -1.98. The minimum absolute atomic E-state index is 0.0535. The molecule has 0 saturated carbocycles. The van der Waals surface area contributed by atoms with Crippen molar-refractivity contribution in [3.63, 3.8) is 0 Å². The Labute approximate surface area is 117 Å². The standard InChI is InChI=1S/C17H17FO2/c1-11-3-6-14(12(2)9-11)15-10-13(4-7-16(15)18)5-8-17(19)20/h3-4,6-7,9-10H,5,8H2,1-2H3,(H,19,20). The van der Waals surface area contributed by atoms with Gasteiger partial charge < -0.3 is 5.11 Å². The Kier molecular flexibility index (Phi) is 4.18. The van der Waals surface area contributed by atoms with Crippen molar-refractivity contribution in [1.29, 1.82) is 0 Å². The van der Waals surface area contributed by atoms with Gasteiger partial charge in [-0.1, -0.05) is 29.8 Å². The Balaban J connectivity index is 2.39. The first kappa shape index (κ1) is 14.3. The van der Waals surface area contributed by atoms with Crippen LogP contribution in [-0.4, -0.2) is 11.1 Å². The van der Waals surface area contributed by atoms with Crippen molar-refractivity contribution < 1.29 is 14.3 Å². The molecule has 0 heterocycles. The summed E-state index contributed by atoms with van der Waals surface area (Å²) in [6, 6.07) is 10.7. The van der Waals surface area contributed by atoms with Crippen molar-refractivity contribution in [2.75, 3.05) is 0 Å². The highest BCUT2D eigenvalue weighted by Crippen LogP contribution is 2.28. The summed E-state index contributed by atoms with van der Waals surface area (Å²) in [7, 11) is 0. The van der Waals surface area contributed by atoms with E-state index in [9.17, 15) is 9.18 Å². The first-order valence-electron chi connectivity index (χ1n) is 6.55. The van der Waals surface area contributed by atoms with E-state index in [1.807, 2.05) is 32.0 Å². The number of rotatable bonds is 4. The van der Waals surface area contributed by atoms with Gasteiger partial charge in [0, 0.05) is 12.0 Å². The zero-order valence-electron chi connectivity index (χ0n) is 11.6. The molecule has 2 nitrogen and oxygen atoms in total. The topological polar surface area (TPSA) is 37.3 Å². The van der Waals surface area contributed by atoms with Gasteiger partial charge in [-0.05, 0) is 49.1 Å². The smallest absolute Gasteiger partial charge is 0.303 e. The molecule has 1 N–H and O–H groups in total. The maximum atomic E-state index is 14.0. The molecule has 3 heteroatoms. The maximum absolute atomic E-state index is 14.0. The maximum Gasteiger partial charge on any atom is 0.303 e. The van der Waals surface area contributed by atoms with Gasteiger partial charge in [-0.3, -0.25) is 4.79 Å². The van der Waals surface area contributed by atoms with E-state index < -0.39 is 5.97 Å². The SMILES string of the molecule is Cc1ccc(-c2cc(CCC(=O)O)ccc2F)c(C)c1. The average molecular weight is 272 g/mol. The summed E-state index contributed by atoms with van der Waals surface area (Å²) < 4.78 is 14.0. The van der Waals surface area contributed by atoms with E-state index in [2.05, 4.69) is 0 Å². The van der Waals surface area contributed by atoms with E-state index in [1.165, 1.54) is 6.07 Å². The number of hydrogen-bond donors (Lipinski definition) is 1. The third kappa shape index (κ3) is 3.23. The molecule has 0 saturated heterocycles. The number of carbonyl (C=O) groups is 1. The largest absolute Gasteiger partial charge is 0.481 e. The van der Waals surface area contributed by atoms with Crippen molar-refractivity contribution >= 4 is 5.97 Å². The van der Waals surface area contributed by atoms with Gasteiger partial charge in [-0.2, -0.15) is 0 Å². The molecular weight excluding hydrogens is 255 g/mol. The van der Waals surface area contributed by atoms with Crippen LogP contribution in [0, 0.1) is 19.7 Å². The highest BCUT2D eigenvalue weighted by Gasteiger charge is 2.09. The lowest BCUT2D eigenvalue weighted by Gasteiger charge is -2.10. The Morgan fingerprint density at radius 2 is 1.85 bits per heavy atom. The monoisotopic (exact) mass is 272 g/mol. The quantitative estimate of drug-likeness (QED) is 0.908. The van der Waals surface area contributed by atoms with E-state index in [1.54, 1.807) is 12.1 Å². The van der Waals surface area contributed by atoms with Crippen LogP contribution in [0.5, 0.6) is 0 Å². The van der Waals surface area contributed by atoms with Crippen LogP contribution in [0.1, 0.15) is 23.1 Å². The predicted octanol–water partition coefficient (Wildman–Crippen LogP) is 4.13. The molecule has 0 bridgehead atoms. The molecule has 0 spiro atoms. The van der Waals surface area contributed by atoms with Gasteiger partial charge >= 0.3 is 5.97 Å². The zero-order valence-corrected chi connectivity index (χ0v) is 11.6. The number of carboxylic acids is 1. The van der Waals surface area contributed by atoms with Crippen LogP contribution in [-0.2, 0) is 11.2 Å². The molecule has 0 fully saturated rings. The molecule has 2 aromatic rings. The summed E-state index contributed by atoms with van der Waals surface area (Å²) in [6.07, 6.45) is 0.464. The number of carboxylic acid groups (broad SMARTS) is 1. The highest BCUT2D eigenvalue weighted by molar-refractivity contribution is 5.70. The fourth-order valence-corrected chi connectivity index (χ4v) is 2.30. The molecule has 104 valence electrons. The van der Waals surface area contributed by atoms with Crippen molar-refractivity contribution in [3.8, 4) is 11.1 Å². The minimum Gasteiger partial charge on any atom is -0.481 e. The van der Waals surface area contributed by atoms with Gasteiger partial charge in [0.05, 0.1) is 0 Å². The second-order valence-electron chi connectivity index (χ2n) is 5.03. The minimum atomic E-state index is -0.845. The van der Waals surface area contributed by atoms with E-state index in [4.69, 9.17) is 5.11 Å². The first-order chi connectivity index (χ1) is 9.47. The molecule has 0 aliphatic heterocycles. The third-order valence-electron chi connectivity index (χ3n) is 3.33. The Morgan fingerprint density at radius 3 is 2.50 bits per heavy atom. The second kappa shape index (κ2) is 5.87. The summed E-state index contributed by atoms with van der Waals surface area (Å²) >= 11 is 0. The van der Waals surface area contributed by atoms with E-state index in [-0.39, 0.29) is 12.2 Å². The van der Waals surface area contributed by atoms with E-state index >= 15 is 0 Å². The molecule has 20 heavy (non-hydrogen) atoms. The second-order valence-corrected chi connectivity index (χ2v) is 5.03. The summed E-state index contributed by atoms with van der Waals surface area (Å²) in [5.41, 5.74) is 4.37. The number of hydrogen-bond acceptors (Lipinski definition) is 1. The highest BCUT2D eigenvalue weighted by atomic mass is 19.1. The third-order valence-corrected chi connectivity index (χ3v) is 3.33. The molecule has 2 aromatic carbocycles. The number of halogens is 1. The first-order valence-corrected chi connectivity index (χ1v) is 6.55. The van der Waals surface area contributed by atoms with Gasteiger partial charge in [0.1, 0.15) is 5.82 Å². The van der Waals surface area contributed by atoms with Gasteiger partial charge in [-0.25, -0.2) is 4.39 Å². The lowest BCUT2D eigenvalue weighted by atomic mass is 9.96. The molecule has 0 amide bonds. The fraction of sp³-hybridized carbons (Fsp3) is 0.235. The van der Waals surface area contributed by atoms with Gasteiger partial charge in [0.15, 0.2) is 0 Å².